The monoisotopic (exact) mass is 338 g/mol. The van der Waals surface area contributed by atoms with E-state index in [1.165, 1.54) is 0 Å². The third-order valence-corrected chi connectivity index (χ3v) is 4.01. The molecule has 0 aliphatic heterocycles. The van der Waals surface area contributed by atoms with Crippen LogP contribution in [0.3, 0.4) is 0 Å². The maximum absolute atomic E-state index is 4.57. The molecule has 1 atom stereocenters. The predicted molar refractivity (Wildman–Crippen MR) is 105 cm³/mol. The minimum Gasteiger partial charge on any atom is -0.310 e. The highest BCUT2D eigenvalue weighted by atomic mass is 15.0. The van der Waals surface area contributed by atoms with Gasteiger partial charge < -0.3 is 10.6 Å². The van der Waals surface area contributed by atoms with Crippen molar-refractivity contribution in [1.29, 1.82) is 0 Å². The van der Waals surface area contributed by atoms with Crippen LogP contribution in [0.15, 0.2) is 43.0 Å². The molecule has 4 heteroatoms. The fraction of sp³-hybridized carbons (Fsp3) is 0.429. The van der Waals surface area contributed by atoms with Crippen molar-refractivity contribution >= 4 is 6.08 Å². The van der Waals surface area contributed by atoms with Crippen LogP contribution in [0.1, 0.15) is 43.0 Å². The molecule has 2 heterocycles. The number of hydrogen-bond acceptors (Lipinski definition) is 4. The summed E-state index contributed by atoms with van der Waals surface area (Å²) >= 11 is 0. The van der Waals surface area contributed by atoms with E-state index < -0.39 is 0 Å². The summed E-state index contributed by atoms with van der Waals surface area (Å²) in [7, 11) is 0. The highest BCUT2D eigenvalue weighted by Gasteiger charge is 2.11. The Balaban J connectivity index is 1.86. The molecule has 2 aromatic rings. The van der Waals surface area contributed by atoms with Crippen molar-refractivity contribution in [2.24, 2.45) is 5.92 Å². The second kappa shape index (κ2) is 10.1. The smallest absolute Gasteiger partial charge is 0.0627 e. The summed E-state index contributed by atoms with van der Waals surface area (Å²) in [5.74, 6) is 0.642. The Labute approximate surface area is 151 Å². The highest BCUT2D eigenvalue weighted by molar-refractivity contribution is 5.41. The van der Waals surface area contributed by atoms with E-state index >= 15 is 0 Å². The Morgan fingerprint density at radius 2 is 1.76 bits per heavy atom. The lowest BCUT2D eigenvalue weighted by atomic mass is 10.0. The minimum absolute atomic E-state index is 0.402. The van der Waals surface area contributed by atoms with Crippen LogP contribution in [0, 0.1) is 12.8 Å². The molecule has 0 spiro atoms. The van der Waals surface area contributed by atoms with Crippen molar-refractivity contribution in [3.63, 3.8) is 0 Å². The van der Waals surface area contributed by atoms with E-state index in [9.17, 15) is 0 Å². The van der Waals surface area contributed by atoms with Gasteiger partial charge in [-0.2, -0.15) is 0 Å². The van der Waals surface area contributed by atoms with Gasteiger partial charge in [-0.15, -0.1) is 0 Å². The molecule has 0 aromatic carbocycles. The number of hydrogen-bond donors (Lipinski definition) is 2. The van der Waals surface area contributed by atoms with E-state index in [0.29, 0.717) is 12.0 Å². The van der Waals surface area contributed by atoms with Crippen LogP contribution in [0.4, 0.5) is 0 Å². The Morgan fingerprint density at radius 3 is 2.44 bits per heavy atom. The van der Waals surface area contributed by atoms with Crippen LogP contribution in [0.2, 0.25) is 0 Å². The number of nitrogens with zero attached hydrogens (tertiary/aromatic N) is 2. The first-order valence-electron chi connectivity index (χ1n) is 9.02. The number of rotatable bonds is 10. The maximum atomic E-state index is 4.57. The van der Waals surface area contributed by atoms with Crippen LogP contribution in [-0.2, 0) is 13.1 Å². The van der Waals surface area contributed by atoms with Crippen LogP contribution in [0.5, 0.6) is 0 Å². The fourth-order valence-electron chi connectivity index (χ4n) is 2.84. The normalized spacial score (nSPS) is 12.3. The quantitative estimate of drug-likeness (QED) is 0.693. The molecule has 0 saturated carbocycles. The lowest BCUT2D eigenvalue weighted by Gasteiger charge is -2.21. The Bertz CT molecular complexity index is 666. The number of nitrogens with one attached hydrogen (secondary N) is 2. The summed E-state index contributed by atoms with van der Waals surface area (Å²) in [6, 6.07) is 12.6. The van der Waals surface area contributed by atoms with Gasteiger partial charge in [-0.3, -0.25) is 9.97 Å². The van der Waals surface area contributed by atoms with Gasteiger partial charge in [0.15, 0.2) is 0 Å². The van der Waals surface area contributed by atoms with Crippen LogP contribution >= 0.6 is 0 Å². The van der Waals surface area contributed by atoms with E-state index in [1.807, 2.05) is 25.1 Å². The molecule has 0 fully saturated rings. The molecule has 0 amide bonds. The van der Waals surface area contributed by atoms with Gasteiger partial charge in [0.25, 0.3) is 0 Å². The average molecular weight is 338 g/mol. The molecule has 0 saturated heterocycles. The topological polar surface area (TPSA) is 49.8 Å². The van der Waals surface area contributed by atoms with Crippen LogP contribution in [-0.4, -0.2) is 22.6 Å². The fourth-order valence-corrected chi connectivity index (χ4v) is 2.84. The van der Waals surface area contributed by atoms with Gasteiger partial charge in [0.2, 0.25) is 0 Å². The van der Waals surface area contributed by atoms with Crippen molar-refractivity contribution < 1.29 is 0 Å². The van der Waals surface area contributed by atoms with Gasteiger partial charge in [0.05, 0.1) is 17.1 Å². The second-order valence-corrected chi connectivity index (χ2v) is 6.87. The molecule has 25 heavy (non-hydrogen) atoms. The molecule has 0 aliphatic rings. The number of aromatic nitrogens is 2. The van der Waals surface area contributed by atoms with Gasteiger partial charge in [0, 0.05) is 31.4 Å². The lowest BCUT2D eigenvalue weighted by molar-refractivity contribution is 0.394. The molecule has 0 aliphatic carbocycles. The zero-order chi connectivity index (χ0) is 18.1. The first-order valence-corrected chi connectivity index (χ1v) is 9.02. The summed E-state index contributed by atoms with van der Waals surface area (Å²) in [4.78, 5) is 9.11. The summed E-state index contributed by atoms with van der Waals surface area (Å²) in [6.07, 6.45) is 2.90. The van der Waals surface area contributed by atoms with E-state index in [-0.39, 0.29) is 0 Å². The van der Waals surface area contributed by atoms with Gasteiger partial charge in [-0.25, -0.2) is 0 Å². The van der Waals surface area contributed by atoms with Gasteiger partial charge in [-0.1, -0.05) is 32.6 Å². The molecule has 2 aromatic heterocycles. The SMILES string of the molecule is C=Cc1cccc(CNC(CNCc2cccc(C)n2)CC(C)C)n1. The molecule has 2 N–H and O–H groups in total. The third kappa shape index (κ3) is 7.16. The predicted octanol–water partition coefficient (Wildman–Crippen LogP) is 3.72. The number of aryl methyl sites for hydroxylation is 1. The maximum Gasteiger partial charge on any atom is 0.0627 e. The summed E-state index contributed by atoms with van der Waals surface area (Å²) in [6.45, 7) is 12.8. The van der Waals surface area contributed by atoms with Crippen molar-refractivity contribution in [2.45, 2.75) is 46.3 Å². The second-order valence-electron chi connectivity index (χ2n) is 6.87. The summed E-state index contributed by atoms with van der Waals surface area (Å²) < 4.78 is 0. The molecule has 4 nitrogen and oxygen atoms in total. The Hall–Kier alpha value is -2.04. The third-order valence-electron chi connectivity index (χ3n) is 4.01. The number of pyridine rings is 2. The zero-order valence-corrected chi connectivity index (χ0v) is 15.6. The molecule has 134 valence electrons. The van der Waals surface area contributed by atoms with Crippen molar-refractivity contribution in [3.05, 3.63) is 65.8 Å². The van der Waals surface area contributed by atoms with E-state index in [4.69, 9.17) is 0 Å². The molecule has 0 bridgehead atoms. The van der Waals surface area contributed by atoms with E-state index in [1.54, 1.807) is 6.08 Å². The van der Waals surface area contributed by atoms with Crippen molar-refractivity contribution in [2.75, 3.05) is 6.54 Å². The average Bonchev–Trinajstić information content (AvgIpc) is 2.59. The van der Waals surface area contributed by atoms with E-state index in [0.717, 1.165) is 48.8 Å². The molecular formula is C21H30N4. The first kappa shape index (κ1) is 19.3. The van der Waals surface area contributed by atoms with Gasteiger partial charge in [-0.05, 0) is 49.6 Å². The van der Waals surface area contributed by atoms with Crippen molar-refractivity contribution in [3.8, 4) is 0 Å². The standard InChI is InChI=1S/C21H30N4/c1-5-18-9-7-11-20(25-18)15-23-21(12-16(2)3)14-22-13-19-10-6-8-17(4)24-19/h5-11,16,21-23H,1,12-15H2,2-4H3. The largest absolute Gasteiger partial charge is 0.310 e. The summed E-state index contributed by atoms with van der Waals surface area (Å²) in [5, 5.41) is 7.17. The van der Waals surface area contributed by atoms with Crippen molar-refractivity contribution in [1.82, 2.24) is 20.6 Å². The van der Waals surface area contributed by atoms with Gasteiger partial charge in [0.1, 0.15) is 0 Å². The Morgan fingerprint density at radius 1 is 1.04 bits per heavy atom. The van der Waals surface area contributed by atoms with Gasteiger partial charge >= 0.3 is 0 Å². The summed E-state index contributed by atoms with van der Waals surface area (Å²) in [5.41, 5.74) is 4.11. The minimum atomic E-state index is 0.402. The molecule has 0 radical (unpaired) electrons. The Kier molecular flexibility index (Phi) is 7.76. The first-order chi connectivity index (χ1) is 12.1. The zero-order valence-electron chi connectivity index (χ0n) is 15.6. The van der Waals surface area contributed by atoms with Crippen LogP contribution < -0.4 is 10.6 Å². The highest BCUT2D eigenvalue weighted by Crippen LogP contribution is 2.07. The molecular weight excluding hydrogens is 308 g/mol. The lowest BCUT2D eigenvalue weighted by Crippen LogP contribution is -2.39. The van der Waals surface area contributed by atoms with Crippen LogP contribution in [0.25, 0.3) is 6.08 Å². The molecule has 2 rings (SSSR count). The van der Waals surface area contributed by atoms with E-state index in [2.05, 4.69) is 59.2 Å². The molecule has 1 unspecified atom stereocenters.